The van der Waals surface area contributed by atoms with Crippen molar-refractivity contribution in [3.05, 3.63) is 65.7 Å². The van der Waals surface area contributed by atoms with Crippen molar-refractivity contribution in [3.8, 4) is 5.75 Å². The van der Waals surface area contributed by atoms with Gasteiger partial charge in [-0.25, -0.2) is 0 Å². The molecule has 0 unspecified atom stereocenters. The lowest BCUT2D eigenvalue weighted by Crippen LogP contribution is -2.27. The first kappa shape index (κ1) is 17.4. The normalized spacial score (nSPS) is 18.6. The van der Waals surface area contributed by atoms with Crippen molar-refractivity contribution >= 4 is 11.6 Å². The molecule has 2 aromatic rings. The van der Waals surface area contributed by atoms with Crippen LogP contribution in [-0.4, -0.2) is 18.7 Å². The van der Waals surface area contributed by atoms with E-state index in [9.17, 15) is 9.59 Å². The van der Waals surface area contributed by atoms with Gasteiger partial charge in [0.2, 0.25) is 0 Å². The van der Waals surface area contributed by atoms with Gasteiger partial charge in [0.05, 0.1) is 7.11 Å². The van der Waals surface area contributed by atoms with Gasteiger partial charge in [-0.1, -0.05) is 48.9 Å². The smallest absolute Gasteiger partial charge is 0.163 e. The third kappa shape index (κ3) is 4.16. The van der Waals surface area contributed by atoms with Gasteiger partial charge in [-0.15, -0.1) is 0 Å². The van der Waals surface area contributed by atoms with E-state index in [1.165, 1.54) is 0 Å². The lowest BCUT2D eigenvalue weighted by Gasteiger charge is -2.29. The zero-order valence-electron chi connectivity index (χ0n) is 14.6. The number of methoxy groups -OCH3 is 1. The van der Waals surface area contributed by atoms with Crippen LogP contribution in [0.4, 0.5) is 0 Å². The Kier molecular flexibility index (Phi) is 5.64. The molecule has 0 aliphatic heterocycles. The molecule has 3 heteroatoms. The van der Waals surface area contributed by atoms with Gasteiger partial charge in [-0.2, -0.15) is 0 Å². The molecule has 0 bridgehead atoms. The Bertz CT molecular complexity index is 719. The van der Waals surface area contributed by atoms with Crippen LogP contribution in [0.3, 0.4) is 0 Å². The van der Waals surface area contributed by atoms with E-state index in [0.29, 0.717) is 24.2 Å². The standard InChI is InChI=1S/C22H24O3/c1-25-18-13-11-16(12-14-18)20(19-9-5-6-10-21(19)23)15-22(24)17-7-3-2-4-8-17/h2-4,7-8,11-14,19-20H,5-6,9-10,15H2,1H3/t19-,20+/m1/s1. The molecule has 0 heterocycles. The first-order valence-corrected chi connectivity index (χ1v) is 8.94. The van der Waals surface area contributed by atoms with Gasteiger partial charge in [-0.05, 0) is 30.5 Å². The first-order valence-electron chi connectivity index (χ1n) is 8.94. The highest BCUT2D eigenvalue weighted by Gasteiger charge is 2.32. The molecular weight excluding hydrogens is 312 g/mol. The molecule has 0 N–H and O–H groups in total. The van der Waals surface area contributed by atoms with Crippen molar-refractivity contribution in [2.45, 2.75) is 38.0 Å². The van der Waals surface area contributed by atoms with Crippen LogP contribution in [0.15, 0.2) is 54.6 Å². The molecular formula is C22H24O3. The van der Waals surface area contributed by atoms with Gasteiger partial charge in [-0.3, -0.25) is 9.59 Å². The molecule has 3 nitrogen and oxygen atoms in total. The molecule has 0 saturated heterocycles. The highest BCUT2D eigenvalue weighted by Crippen LogP contribution is 2.37. The van der Waals surface area contributed by atoms with Crippen LogP contribution in [0.1, 0.15) is 53.9 Å². The second-order valence-electron chi connectivity index (χ2n) is 6.69. The minimum absolute atomic E-state index is 0.0604. The molecule has 1 aliphatic carbocycles. The summed E-state index contributed by atoms with van der Waals surface area (Å²) in [6.07, 6.45) is 3.90. The fraction of sp³-hybridized carbons (Fsp3) is 0.364. The molecule has 2 aromatic carbocycles. The molecule has 3 rings (SSSR count). The van der Waals surface area contributed by atoms with Gasteiger partial charge < -0.3 is 4.74 Å². The van der Waals surface area contributed by atoms with E-state index in [-0.39, 0.29) is 17.6 Å². The molecule has 1 fully saturated rings. The third-order valence-electron chi connectivity index (χ3n) is 5.13. The fourth-order valence-electron chi connectivity index (χ4n) is 3.72. The second kappa shape index (κ2) is 8.11. The van der Waals surface area contributed by atoms with Crippen molar-refractivity contribution < 1.29 is 14.3 Å². The third-order valence-corrected chi connectivity index (χ3v) is 5.13. The zero-order chi connectivity index (χ0) is 17.6. The van der Waals surface area contributed by atoms with Crippen molar-refractivity contribution in [1.82, 2.24) is 0 Å². The SMILES string of the molecule is COc1ccc([C@H](CC(=O)c2ccccc2)[C@H]2CCCCC2=O)cc1. The highest BCUT2D eigenvalue weighted by atomic mass is 16.5. The zero-order valence-corrected chi connectivity index (χ0v) is 14.6. The molecule has 0 amide bonds. The summed E-state index contributed by atoms with van der Waals surface area (Å²) in [5.41, 5.74) is 1.76. The number of ketones is 2. The number of Topliss-reactive ketones (excluding diaryl/α,β-unsaturated/α-hetero) is 2. The van der Waals surface area contributed by atoms with Crippen LogP contribution in [0.5, 0.6) is 5.75 Å². The van der Waals surface area contributed by atoms with Crippen molar-refractivity contribution in [3.63, 3.8) is 0 Å². The van der Waals surface area contributed by atoms with Gasteiger partial charge in [0.1, 0.15) is 11.5 Å². The number of hydrogen-bond donors (Lipinski definition) is 0. The lowest BCUT2D eigenvalue weighted by atomic mass is 9.73. The maximum absolute atomic E-state index is 12.8. The van der Waals surface area contributed by atoms with Crippen LogP contribution in [0.25, 0.3) is 0 Å². The Morgan fingerprint density at radius 2 is 1.80 bits per heavy atom. The van der Waals surface area contributed by atoms with Crippen LogP contribution in [0, 0.1) is 5.92 Å². The molecule has 0 spiro atoms. The Morgan fingerprint density at radius 3 is 2.44 bits per heavy atom. The fourth-order valence-corrected chi connectivity index (χ4v) is 3.72. The number of ether oxygens (including phenoxy) is 1. The maximum Gasteiger partial charge on any atom is 0.163 e. The number of rotatable bonds is 6. The van der Waals surface area contributed by atoms with Gasteiger partial charge in [0.15, 0.2) is 5.78 Å². The summed E-state index contributed by atoms with van der Waals surface area (Å²) in [5, 5.41) is 0. The topological polar surface area (TPSA) is 43.4 Å². The van der Waals surface area contributed by atoms with E-state index in [1.807, 2.05) is 54.6 Å². The van der Waals surface area contributed by atoms with Gasteiger partial charge in [0, 0.05) is 30.2 Å². The molecule has 1 aliphatic rings. The summed E-state index contributed by atoms with van der Waals surface area (Å²) >= 11 is 0. The molecule has 0 aromatic heterocycles. The first-order chi connectivity index (χ1) is 12.2. The number of hydrogen-bond acceptors (Lipinski definition) is 3. The quantitative estimate of drug-likeness (QED) is 0.711. The monoisotopic (exact) mass is 336 g/mol. The molecule has 130 valence electrons. The lowest BCUT2D eigenvalue weighted by molar-refractivity contribution is -0.125. The average molecular weight is 336 g/mol. The summed E-state index contributed by atoms with van der Waals surface area (Å²) in [6, 6.07) is 17.1. The van der Waals surface area contributed by atoms with E-state index in [2.05, 4.69) is 0 Å². The summed E-state index contributed by atoms with van der Waals surface area (Å²) in [4.78, 5) is 25.3. The van der Waals surface area contributed by atoms with E-state index in [1.54, 1.807) is 7.11 Å². The summed E-state index contributed by atoms with van der Waals surface area (Å²) in [6.45, 7) is 0. The van der Waals surface area contributed by atoms with E-state index >= 15 is 0 Å². The van der Waals surface area contributed by atoms with E-state index in [0.717, 1.165) is 30.6 Å². The Hall–Kier alpha value is -2.42. The minimum Gasteiger partial charge on any atom is -0.497 e. The molecule has 0 radical (unpaired) electrons. The van der Waals surface area contributed by atoms with Crippen molar-refractivity contribution in [2.75, 3.05) is 7.11 Å². The Labute approximate surface area is 149 Å². The van der Waals surface area contributed by atoms with Gasteiger partial charge in [0.25, 0.3) is 0 Å². The predicted molar refractivity (Wildman–Crippen MR) is 98.1 cm³/mol. The summed E-state index contributed by atoms with van der Waals surface area (Å²) < 4.78 is 5.23. The van der Waals surface area contributed by atoms with Gasteiger partial charge >= 0.3 is 0 Å². The highest BCUT2D eigenvalue weighted by molar-refractivity contribution is 5.97. The minimum atomic E-state index is -0.0635. The average Bonchev–Trinajstić information content (AvgIpc) is 2.67. The largest absolute Gasteiger partial charge is 0.497 e. The Balaban J connectivity index is 1.87. The summed E-state index contributed by atoms with van der Waals surface area (Å²) in [7, 11) is 1.63. The maximum atomic E-state index is 12.8. The van der Waals surface area contributed by atoms with Crippen LogP contribution in [-0.2, 0) is 4.79 Å². The van der Waals surface area contributed by atoms with E-state index < -0.39 is 0 Å². The Morgan fingerprint density at radius 1 is 1.08 bits per heavy atom. The van der Waals surface area contributed by atoms with E-state index in [4.69, 9.17) is 4.74 Å². The number of benzene rings is 2. The van der Waals surface area contributed by atoms with Crippen molar-refractivity contribution in [1.29, 1.82) is 0 Å². The number of carbonyl (C=O) groups excluding carboxylic acids is 2. The summed E-state index contributed by atoms with van der Waals surface area (Å²) in [5.74, 6) is 1.06. The number of carbonyl (C=O) groups is 2. The molecule has 1 saturated carbocycles. The van der Waals surface area contributed by atoms with Crippen LogP contribution >= 0.6 is 0 Å². The van der Waals surface area contributed by atoms with Crippen molar-refractivity contribution in [2.24, 2.45) is 5.92 Å². The molecule has 25 heavy (non-hydrogen) atoms. The molecule has 2 atom stereocenters. The van der Waals surface area contributed by atoms with Crippen LogP contribution < -0.4 is 4.74 Å². The second-order valence-corrected chi connectivity index (χ2v) is 6.69. The van der Waals surface area contributed by atoms with Crippen LogP contribution in [0.2, 0.25) is 0 Å². The predicted octanol–water partition coefficient (Wildman–Crippen LogP) is 4.81.